The number of hydrogen-bond acceptors (Lipinski definition) is 12. The van der Waals surface area contributed by atoms with Gasteiger partial charge in [-0.05, 0) is 51.8 Å². The molecule has 1 aliphatic rings. The zero-order valence-electron chi connectivity index (χ0n) is 27.6. The SMILES string of the molecule is CC[C@H](C)[C@@H]1OC(=O)C(C)(C)[C@@H](O)C(Cc2ccccc2)OC(=O)[C@H](C)OC(=O)[C@@H](NC(=O)c2cccc(NC=O)c2O)[C@@H](C)OC1=O. The number of hydrogen-bond donors (Lipinski definition) is 4. The number of esters is 4. The van der Waals surface area contributed by atoms with Crippen LogP contribution in [-0.4, -0.2) is 83.0 Å². The lowest BCUT2D eigenvalue weighted by Gasteiger charge is -2.35. The Hall–Kier alpha value is -4.98. The Balaban J connectivity index is 2.05. The molecule has 0 aromatic heterocycles. The summed E-state index contributed by atoms with van der Waals surface area (Å²) in [5.74, 6) is -6.50. The van der Waals surface area contributed by atoms with E-state index in [9.17, 15) is 39.0 Å². The van der Waals surface area contributed by atoms with Gasteiger partial charge >= 0.3 is 23.9 Å². The molecule has 1 heterocycles. The molecule has 0 bridgehead atoms. The number of ether oxygens (including phenoxy) is 4. The molecule has 14 heteroatoms. The number of aliphatic hydroxyl groups excluding tert-OH is 1. The summed E-state index contributed by atoms with van der Waals surface area (Å²) in [6, 6.07) is 10.9. The van der Waals surface area contributed by atoms with Crippen molar-refractivity contribution in [1.82, 2.24) is 5.32 Å². The predicted octanol–water partition coefficient (Wildman–Crippen LogP) is 2.44. The van der Waals surface area contributed by atoms with E-state index in [0.717, 1.165) is 0 Å². The lowest BCUT2D eigenvalue weighted by Crippen LogP contribution is -2.52. The third-order valence-electron chi connectivity index (χ3n) is 8.22. The molecule has 48 heavy (non-hydrogen) atoms. The molecule has 0 saturated carbocycles. The standard InChI is InChI=1S/C34H42N2O12/c1-7-18(2)27-32(43)45-19(3)25(36-29(40)22-14-11-15-23(26(22)38)35-17-37)31(42)46-20(4)30(41)47-24(16-21-12-9-8-10-13-21)28(39)34(5,6)33(44)48-27/h8-15,17-20,24-25,27-28,38-39H,7,16H2,1-6H3,(H,35,37)(H,36,40)/t18-,19+,20-,24?,25-,27-,28-/m0/s1. The third kappa shape index (κ3) is 8.88. The summed E-state index contributed by atoms with van der Waals surface area (Å²) in [4.78, 5) is 78.1. The first-order valence-corrected chi connectivity index (χ1v) is 15.5. The van der Waals surface area contributed by atoms with Gasteiger partial charge in [-0.2, -0.15) is 0 Å². The maximum atomic E-state index is 13.6. The van der Waals surface area contributed by atoms with Crippen molar-refractivity contribution < 1.29 is 57.9 Å². The number of phenolic OH excluding ortho intramolecular Hbond substituents is 1. The van der Waals surface area contributed by atoms with Crippen LogP contribution in [-0.2, 0) is 49.3 Å². The first-order chi connectivity index (χ1) is 22.6. The second-order valence-corrected chi connectivity index (χ2v) is 12.2. The number of benzene rings is 2. The first kappa shape index (κ1) is 37.5. The quantitative estimate of drug-likeness (QED) is 0.138. The number of rotatable bonds is 8. The van der Waals surface area contributed by atoms with E-state index >= 15 is 0 Å². The van der Waals surface area contributed by atoms with Gasteiger partial charge < -0.3 is 39.8 Å². The second-order valence-electron chi connectivity index (χ2n) is 12.2. The zero-order chi connectivity index (χ0) is 35.8. The molecule has 1 unspecified atom stereocenters. The van der Waals surface area contributed by atoms with E-state index in [1.54, 1.807) is 44.2 Å². The van der Waals surface area contributed by atoms with Gasteiger partial charge in [0.15, 0.2) is 17.9 Å². The average molecular weight is 671 g/mol. The molecule has 2 aromatic carbocycles. The van der Waals surface area contributed by atoms with Gasteiger partial charge in [0.05, 0.1) is 16.7 Å². The molecule has 7 atom stereocenters. The number of nitrogens with one attached hydrogen (secondary N) is 2. The van der Waals surface area contributed by atoms with Crippen LogP contribution in [0.2, 0.25) is 0 Å². The number of para-hydroxylation sites is 1. The fraction of sp³-hybridized carbons (Fsp3) is 0.471. The maximum Gasteiger partial charge on any atom is 0.348 e. The van der Waals surface area contributed by atoms with Crippen LogP contribution in [0.25, 0.3) is 0 Å². The normalized spacial score (nSPS) is 25.9. The van der Waals surface area contributed by atoms with Crippen LogP contribution in [0.4, 0.5) is 5.69 Å². The minimum atomic E-state index is -1.75. The van der Waals surface area contributed by atoms with E-state index in [2.05, 4.69) is 10.6 Å². The Labute approximate surface area is 278 Å². The van der Waals surface area contributed by atoms with Crippen molar-refractivity contribution >= 4 is 41.9 Å². The summed E-state index contributed by atoms with van der Waals surface area (Å²) in [7, 11) is 0. The van der Waals surface area contributed by atoms with E-state index in [0.29, 0.717) is 18.4 Å². The number of cyclic esters (lactones) is 4. The summed E-state index contributed by atoms with van der Waals surface area (Å²) in [5, 5.41) is 26.6. The van der Waals surface area contributed by atoms with Gasteiger partial charge in [0.2, 0.25) is 12.5 Å². The highest BCUT2D eigenvalue weighted by Crippen LogP contribution is 2.31. The molecule has 2 aromatic rings. The smallest absolute Gasteiger partial charge is 0.348 e. The van der Waals surface area contributed by atoms with Crippen LogP contribution >= 0.6 is 0 Å². The van der Waals surface area contributed by atoms with E-state index in [1.165, 1.54) is 45.9 Å². The minimum absolute atomic E-state index is 0.0286. The average Bonchev–Trinajstić information content (AvgIpc) is 3.05. The van der Waals surface area contributed by atoms with E-state index in [-0.39, 0.29) is 17.7 Å². The van der Waals surface area contributed by atoms with Gasteiger partial charge in [-0.3, -0.25) is 14.4 Å². The van der Waals surface area contributed by atoms with Gasteiger partial charge in [0.1, 0.15) is 18.3 Å². The van der Waals surface area contributed by atoms with Crippen molar-refractivity contribution in [3.63, 3.8) is 0 Å². The van der Waals surface area contributed by atoms with Gasteiger partial charge in [-0.25, -0.2) is 14.4 Å². The fourth-order valence-electron chi connectivity index (χ4n) is 4.88. The number of aliphatic hydroxyl groups is 1. The van der Waals surface area contributed by atoms with Gasteiger partial charge in [-0.1, -0.05) is 50.2 Å². The van der Waals surface area contributed by atoms with E-state index in [4.69, 9.17) is 18.9 Å². The molecule has 1 aliphatic heterocycles. The highest BCUT2D eigenvalue weighted by Gasteiger charge is 2.47. The predicted molar refractivity (Wildman–Crippen MR) is 169 cm³/mol. The first-order valence-electron chi connectivity index (χ1n) is 15.5. The highest BCUT2D eigenvalue weighted by atomic mass is 16.6. The second kappa shape index (κ2) is 16.2. The van der Waals surface area contributed by atoms with Crippen LogP contribution in [0.1, 0.15) is 63.9 Å². The van der Waals surface area contributed by atoms with Crippen molar-refractivity contribution in [2.45, 2.75) is 90.9 Å². The molecule has 3 rings (SSSR count). The molecular formula is C34H42N2O12. The van der Waals surface area contributed by atoms with Crippen LogP contribution in [0.3, 0.4) is 0 Å². The van der Waals surface area contributed by atoms with Crippen molar-refractivity contribution in [2.24, 2.45) is 11.3 Å². The molecule has 0 spiro atoms. The Morgan fingerprint density at radius 3 is 2.23 bits per heavy atom. The van der Waals surface area contributed by atoms with Gasteiger partial charge in [-0.15, -0.1) is 0 Å². The number of carbonyl (C=O) groups excluding carboxylic acids is 6. The Morgan fingerprint density at radius 2 is 1.60 bits per heavy atom. The fourth-order valence-corrected chi connectivity index (χ4v) is 4.88. The van der Waals surface area contributed by atoms with Crippen molar-refractivity contribution in [3.8, 4) is 5.75 Å². The number of carbonyl (C=O) groups is 6. The maximum absolute atomic E-state index is 13.6. The lowest BCUT2D eigenvalue weighted by atomic mass is 9.81. The molecule has 2 amide bonds. The largest absolute Gasteiger partial charge is 0.505 e. The third-order valence-corrected chi connectivity index (χ3v) is 8.22. The summed E-state index contributed by atoms with van der Waals surface area (Å²) in [6.45, 7) is 8.64. The molecule has 0 radical (unpaired) electrons. The summed E-state index contributed by atoms with van der Waals surface area (Å²) < 4.78 is 22.2. The van der Waals surface area contributed by atoms with E-state index < -0.39 is 83.4 Å². The minimum Gasteiger partial charge on any atom is -0.505 e. The van der Waals surface area contributed by atoms with Crippen LogP contribution in [0.5, 0.6) is 5.75 Å². The molecule has 0 aliphatic carbocycles. The van der Waals surface area contributed by atoms with Gasteiger partial charge in [0, 0.05) is 12.3 Å². The number of amides is 2. The highest BCUT2D eigenvalue weighted by molar-refractivity contribution is 6.01. The monoisotopic (exact) mass is 670 g/mol. The number of phenols is 1. The topological polar surface area (TPSA) is 204 Å². The van der Waals surface area contributed by atoms with Crippen molar-refractivity contribution in [3.05, 3.63) is 59.7 Å². The molecule has 14 nitrogen and oxygen atoms in total. The van der Waals surface area contributed by atoms with E-state index in [1.807, 2.05) is 0 Å². The van der Waals surface area contributed by atoms with Crippen LogP contribution in [0, 0.1) is 11.3 Å². The van der Waals surface area contributed by atoms with Crippen LogP contribution < -0.4 is 10.6 Å². The molecule has 260 valence electrons. The van der Waals surface area contributed by atoms with Crippen molar-refractivity contribution in [2.75, 3.05) is 5.32 Å². The molecule has 1 saturated heterocycles. The molecule has 4 N–H and O–H groups in total. The Morgan fingerprint density at radius 1 is 0.938 bits per heavy atom. The number of anilines is 1. The molecule has 1 fully saturated rings. The van der Waals surface area contributed by atoms with Crippen LogP contribution in [0.15, 0.2) is 48.5 Å². The van der Waals surface area contributed by atoms with Crippen molar-refractivity contribution in [1.29, 1.82) is 0 Å². The lowest BCUT2D eigenvalue weighted by molar-refractivity contribution is -0.190. The zero-order valence-corrected chi connectivity index (χ0v) is 27.6. The summed E-state index contributed by atoms with van der Waals surface area (Å²) in [6.07, 6.45) is -6.88. The Bertz CT molecular complexity index is 1490. The van der Waals surface area contributed by atoms with Gasteiger partial charge in [0.25, 0.3) is 5.91 Å². The molecular weight excluding hydrogens is 628 g/mol. The Kier molecular flexibility index (Phi) is 12.7. The number of aromatic hydroxyl groups is 1. The summed E-state index contributed by atoms with van der Waals surface area (Å²) >= 11 is 0. The summed E-state index contributed by atoms with van der Waals surface area (Å²) in [5.41, 5.74) is -1.48.